The van der Waals surface area contributed by atoms with Crippen molar-refractivity contribution in [3.63, 3.8) is 0 Å². The number of benzene rings is 1. The molecule has 0 bridgehead atoms. The van der Waals surface area contributed by atoms with Gasteiger partial charge in [0, 0.05) is 17.4 Å². The van der Waals surface area contributed by atoms with Crippen molar-refractivity contribution in [1.82, 2.24) is 0 Å². The summed E-state index contributed by atoms with van der Waals surface area (Å²) in [6, 6.07) is 7.66. The highest BCUT2D eigenvalue weighted by molar-refractivity contribution is 5.85. The molecule has 1 aromatic rings. The van der Waals surface area contributed by atoms with E-state index in [0.717, 1.165) is 17.6 Å². The quantitative estimate of drug-likeness (QED) is 0.685. The van der Waals surface area contributed by atoms with E-state index >= 15 is 0 Å². The Labute approximate surface area is 99.1 Å². The summed E-state index contributed by atoms with van der Waals surface area (Å²) in [6.07, 6.45) is 8.00. The zero-order valence-electron chi connectivity index (χ0n) is 9.11. The molecular formula is C14H11NO2. The second-order valence-electron chi connectivity index (χ2n) is 4.03. The van der Waals surface area contributed by atoms with E-state index in [-0.39, 0.29) is 12.1 Å². The molecular weight excluding hydrogens is 214 g/mol. The fraction of sp³-hybridized carbons (Fsp3) is 0.143. The van der Waals surface area contributed by atoms with Gasteiger partial charge in [-0.3, -0.25) is 9.79 Å². The normalized spacial score (nSPS) is 25.1. The first-order valence-electron chi connectivity index (χ1n) is 5.51. The molecule has 0 saturated carbocycles. The lowest BCUT2D eigenvalue weighted by Crippen LogP contribution is -2.28. The molecule has 2 atom stereocenters. The van der Waals surface area contributed by atoms with Gasteiger partial charge in [-0.05, 0) is 24.3 Å². The Hall–Kier alpha value is -2.16. The average Bonchev–Trinajstić information content (AvgIpc) is 2.57. The number of hydrogen-bond donors (Lipinski definition) is 0. The fourth-order valence-electron chi connectivity index (χ4n) is 1.99. The molecule has 0 spiro atoms. The summed E-state index contributed by atoms with van der Waals surface area (Å²) in [6.45, 7) is 0. The molecule has 0 N–H and O–H groups in total. The lowest BCUT2D eigenvalue weighted by Gasteiger charge is -2.21. The Morgan fingerprint density at radius 2 is 2.18 bits per heavy atom. The van der Waals surface area contributed by atoms with E-state index in [4.69, 9.17) is 4.74 Å². The summed E-state index contributed by atoms with van der Waals surface area (Å²) < 4.78 is 5.88. The molecule has 0 amide bonds. The Bertz CT molecular complexity index is 543. The third-order valence-electron chi connectivity index (χ3n) is 2.88. The van der Waals surface area contributed by atoms with Crippen LogP contribution in [-0.4, -0.2) is 24.6 Å². The van der Waals surface area contributed by atoms with Crippen molar-refractivity contribution in [2.24, 2.45) is 4.99 Å². The first kappa shape index (κ1) is 10.0. The minimum Gasteiger partial charge on any atom is -0.483 e. The Kier molecular flexibility index (Phi) is 2.37. The smallest absolute Gasteiger partial charge is 0.149 e. The monoisotopic (exact) mass is 225 g/mol. The van der Waals surface area contributed by atoms with Crippen LogP contribution in [0.15, 0.2) is 53.1 Å². The Morgan fingerprint density at radius 3 is 3.06 bits per heavy atom. The van der Waals surface area contributed by atoms with E-state index in [9.17, 15) is 4.79 Å². The number of ether oxygens (including phenoxy) is 1. The Morgan fingerprint density at radius 1 is 1.29 bits per heavy atom. The van der Waals surface area contributed by atoms with Gasteiger partial charge >= 0.3 is 0 Å². The van der Waals surface area contributed by atoms with Gasteiger partial charge in [0.2, 0.25) is 0 Å². The maximum Gasteiger partial charge on any atom is 0.149 e. The molecule has 1 aromatic carbocycles. The summed E-state index contributed by atoms with van der Waals surface area (Å²) >= 11 is 0. The number of fused-ring (bicyclic) bond motifs is 2. The second kappa shape index (κ2) is 4.01. The SMILES string of the molecule is O=CC1=CC2N=Cc3ccccc3OC2C=C1. The van der Waals surface area contributed by atoms with E-state index in [1.165, 1.54) is 0 Å². The number of allylic oxidation sites excluding steroid dienone is 2. The zero-order chi connectivity index (χ0) is 11.7. The van der Waals surface area contributed by atoms with E-state index in [2.05, 4.69) is 4.99 Å². The van der Waals surface area contributed by atoms with Crippen LogP contribution in [0.5, 0.6) is 5.75 Å². The molecule has 2 unspecified atom stereocenters. The van der Waals surface area contributed by atoms with Crippen molar-refractivity contribution in [3.05, 3.63) is 53.6 Å². The van der Waals surface area contributed by atoms with Crippen LogP contribution in [-0.2, 0) is 4.79 Å². The molecule has 0 aromatic heterocycles. The van der Waals surface area contributed by atoms with Gasteiger partial charge in [-0.15, -0.1) is 0 Å². The summed E-state index contributed by atoms with van der Waals surface area (Å²) in [5.74, 6) is 0.830. The van der Waals surface area contributed by atoms with Crippen molar-refractivity contribution in [2.45, 2.75) is 12.1 Å². The molecule has 84 valence electrons. The molecule has 17 heavy (non-hydrogen) atoms. The van der Waals surface area contributed by atoms with Crippen LogP contribution in [0.2, 0.25) is 0 Å². The number of para-hydroxylation sites is 1. The van der Waals surface area contributed by atoms with Crippen molar-refractivity contribution >= 4 is 12.5 Å². The zero-order valence-corrected chi connectivity index (χ0v) is 9.11. The van der Waals surface area contributed by atoms with Crippen molar-refractivity contribution in [1.29, 1.82) is 0 Å². The third kappa shape index (κ3) is 1.80. The second-order valence-corrected chi connectivity index (χ2v) is 4.03. The molecule has 2 aliphatic rings. The lowest BCUT2D eigenvalue weighted by molar-refractivity contribution is -0.104. The third-order valence-corrected chi connectivity index (χ3v) is 2.88. The van der Waals surface area contributed by atoms with Gasteiger partial charge < -0.3 is 4.74 Å². The van der Waals surface area contributed by atoms with E-state index in [0.29, 0.717) is 5.57 Å². The van der Waals surface area contributed by atoms with Crippen LogP contribution < -0.4 is 4.74 Å². The Balaban J connectivity index is 1.99. The van der Waals surface area contributed by atoms with Crippen molar-refractivity contribution < 1.29 is 9.53 Å². The summed E-state index contributed by atoms with van der Waals surface area (Å²) in [4.78, 5) is 15.2. The molecule has 1 aliphatic carbocycles. The molecule has 0 radical (unpaired) electrons. The van der Waals surface area contributed by atoms with Crippen molar-refractivity contribution in [3.8, 4) is 5.75 Å². The highest BCUT2D eigenvalue weighted by Gasteiger charge is 2.24. The van der Waals surface area contributed by atoms with E-state index < -0.39 is 0 Å². The molecule has 3 nitrogen and oxygen atoms in total. The maximum absolute atomic E-state index is 10.7. The predicted octanol–water partition coefficient (Wildman–Crippen LogP) is 1.93. The molecule has 3 rings (SSSR count). The number of aldehydes is 1. The average molecular weight is 225 g/mol. The number of rotatable bonds is 1. The summed E-state index contributed by atoms with van der Waals surface area (Å²) in [5, 5.41) is 0. The first-order valence-corrected chi connectivity index (χ1v) is 5.51. The van der Waals surface area contributed by atoms with Crippen LogP contribution in [0.3, 0.4) is 0 Å². The minimum atomic E-state index is -0.126. The van der Waals surface area contributed by atoms with Gasteiger partial charge in [-0.2, -0.15) is 0 Å². The largest absolute Gasteiger partial charge is 0.483 e. The van der Waals surface area contributed by atoms with Crippen LogP contribution in [0.25, 0.3) is 0 Å². The first-order chi connectivity index (χ1) is 8.36. The number of carbonyl (C=O) groups is 1. The topological polar surface area (TPSA) is 38.7 Å². The number of carbonyl (C=O) groups excluding carboxylic acids is 1. The lowest BCUT2D eigenvalue weighted by atomic mass is 10.0. The van der Waals surface area contributed by atoms with Gasteiger partial charge in [0.05, 0.1) is 0 Å². The highest BCUT2D eigenvalue weighted by Crippen LogP contribution is 2.25. The number of aliphatic imine (C=N–C) groups is 1. The molecule has 1 heterocycles. The molecule has 0 saturated heterocycles. The standard InChI is InChI=1S/C14H11NO2/c16-9-10-5-6-14-12(7-10)15-8-11-3-1-2-4-13(11)17-14/h1-9,12,14H. The predicted molar refractivity (Wildman–Crippen MR) is 65.5 cm³/mol. The van der Waals surface area contributed by atoms with Gasteiger partial charge in [-0.25, -0.2) is 0 Å². The highest BCUT2D eigenvalue weighted by atomic mass is 16.5. The summed E-state index contributed by atoms with van der Waals surface area (Å²) in [7, 11) is 0. The van der Waals surface area contributed by atoms with Crippen LogP contribution in [0, 0.1) is 0 Å². The molecule has 1 aliphatic heterocycles. The minimum absolute atomic E-state index is 0.118. The van der Waals surface area contributed by atoms with Crippen LogP contribution >= 0.6 is 0 Å². The van der Waals surface area contributed by atoms with Gasteiger partial charge in [0.25, 0.3) is 0 Å². The number of nitrogens with zero attached hydrogens (tertiary/aromatic N) is 1. The fourth-order valence-corrected chi connectivity index (χ4v) is 1.99. The van der Waals surface area contributed by atoms with Gasteiger partial charge in [-0.1, -0.05) is 18.2 Å². The maximum atomic E-state index is 10.7. The van der Waals surface area contributed by atoms with E-state index in [1.807, 2.05) is 36.4 Å². The number of hydrogen-bond acceptors (Lipinski definition) is 3. The van der Waals surface area contributed by atoms with Gasteiger partial charge in [0.1, 0.15) is 24.2 Å². The van der Waals surface area contributed by atoms with Crippen LogP contribution in [0.4, 0.5) is 0 Å². The molecule has 3 heteroatoms. The van der Waals surface area contributed by atoms with Gasteiger partial charge in [0.15, 0.2) is 0 Å². The summed E-state index contributed by atoms with van der Waals surface area (Å²) in [5.41, 5.74) is 1.62. The molecule has 0 fully saturated rings. The van der Waals surface area contributed by atoms with Crippen molar-refractivity contribution in [2.75, 3.05) is 0 Å². The van der Waals surface area contributed by atoms with Crippen LogP contribution in [0.1, 0.15) is 5.56 Å². The van der Waals surface area contributed by atoms with E-state index in [1.54, 1.807) is 12.3 Å².